The van der Waals surface area contributed by atoms with Crippen molar-refractivity contribution in [2.24, 2.45) is 0 Å². The molecule has 0 fully saturated rings. The van der Waals surface area contributed by atoms with Gasteiger partial charge in [0.2, 0.25) is 0 Å². The van der Waals surface area contributed by atoms with Crippen LogP contribution in [0.3, 0.4) is 0 Å². The summed E-state index contributed by atoms with van der Waals surface area (Å²) >= 11 is 0. The van der Waals surface area contributed by atoms with Crippen molar-refractivity contribution in [1.82, 2.24) is 5.09 Å². The molecule has 0 radical (unpaired) electrons. The second kappa shape index (κ2) is 40.9. The van der Waals surface area contributed by atoms with Gasteiger partial charge in [0, 0.05) is 6.54 Å². The molecule has 0 bridgehead atoms. The SMILES string of the molecule is CCCCCCCCCCCCCCCCCCN[P+](CCCCCCCC)(CCCCCCCC)CCCCCCCC.Cl. The number of rotatable bonds is 39. The van der Waals surface area contributed by atoms with Crippen molar-refractivity contribution in [3.8, 4) is 0 Å². The fraction of sp³-hybridized carbons (Fsp3) is 1.00. The van der Waals surface area contributed by atoms with Crippen molar-refractivity contribution in [1.29, 1.82) is 0 Å². The average molecular weight is 676 g/mol. The molecule has 0 heterocycles. The maximum absolute atomic E-state index is 4.40. The minimum Gasteiger partial charge on any atom is -0.192 e. The zero-order valence-corrected chi connectivity index (χ0v) is 33.9. The number of halogens is 1. The fourth-order valence-corrected chi connectivity index (χ4v) is 11.4. The van der Waals surface area contributed by atoms with Crippen LogP contribution in [-0.2, 0) is 0 Å². The van der Waals surface area contributed by atoms with Gasteiger partial charge in [-0.1, -0.05) is 201 Å². The highest BCUT2D eigenvalue weighted by Crippen LogP contribution is 2.57. The quantitative estimate of drug-likeness (QED) is 0.0505. The van der Waals surface area contributed by atoms with Crippen LogP contribution in [-0.4, -0.2) is 25.0 Å². The lowest BCUT2D eigenvalue weighted by Gasteiger charge is -2.29. The van der Waals surface area contributed by atoms with Gasteiger partial charge in [0.15, 0.2) is 0 Å². The summed E-state index contributed by atoms with van der Waals surface area (Å²) in [6, 6.07) is 0. The Labute approximate surface area is 295 Å². The zero-order chi connectivity index (χ0) is 32.1. The number of unbranched alkanes of at least 4 members (excludes halogenated alkanes) is 30. The van der Waals surface area contributed by atoms with Crippen molar-refractivity contribution in [3.05, 3.63) is 0 Å². The van der Waals surface area contributed by atoms with Crippen molar-refractivity contribution in [2.45, 2.75) is 246 Å². The van der Waals surface area contributed by atoms with Crippen LogP contribution < -0.4 is 5.09 Å². The van der Waals surface area contributed by atoms with E-state index in [0.717, 1.165) is 0 Å². The highest BCUT2D eigenvalue weighted by atomic mass is 35.5. The van der Waals surface area contributed by atoms with Gasteiger partial charge in [0.25, 0.3) is 0 Å². The Morgan fingerprint density at radius 1 is 0.267 bits per heavy atom. The van der Waals surface area contributed by atoms with Gasteiger partial charge >= 0.3 is 0 Å². The predicted molar refractivity (Wildman–Crippen MR) is 216 cm³/mol. The van der Waals surface area contributed by atoms with E-state index in [9.17, 15) is 0 Å². The number of nitrogens with one attached hydrogen (secondary N) is 1. The summed E-state index contributed by atoms with van der Waals surface area (Å²) in [6.07, 6.45) is 54.2. The first-order chi connectivity index (χ1) is 21.7. The Hall–Kier alpha value is 0.680. The summed E-state index contributed by atoms with van der Waals surface area (Å²) in [5.74, 6) is 0. The summed E-state index contributed by atoms with van der Waals surface area (Å²) < 4.78 is 0. The maximum Gasteiger partial charge on any atom is 0.0799 e. The molecule has 0 saturated carbocycles. The van der Waals surface area contributed by atoms with Crippen molar-refractivity contribution in [2.75, 3.05) is 25.0 Å². The van der Waals surface area contributed by atoms with E-state index in [1.807, 2.05) is 0 Å². The first-order valence-electron chi connectivity index (χ1n) is 21.4. The molecular weight excluding hydrogens is 585 g/mol. The summed E-state index contributed by atoms with van der Waals surface area (Å²) in [7, 11) is -1.00. The lowest BCUT2D eigenvalue weighted by molar-refractivity contribution is 0.529. The van der Waals surface area contributed by atoms with Crippen molar-refractivity contribution < 1.29 is 0 Å². The van der Waals surface area contributed by atoms with Gasteiger partial charge in [-0.3, -0.25) is 0 Å². The van der Waals surface area contributed by atoms with Crippen LogP contribution in [0.4, 0.5) is 0 Å². The van der Waals surface area contributed by atoms with Gasteiger partial charge in [-0.2, -0.15) is 5.09 Å². The molecule has 0 aromatic rings. The van der Waals surface area contributed by atoms with Gasteiger partial charge < -0.3 is 0 Å². The second-order valence-corrected chi connectivity index (χ2v) is 18.8. The molecule has 274 valence electrons. The number of hydrogen-bond acceptors (Lipinski definition) is 1. The molecule has 0 unspecified atom stereocenters. The van der Waals surface area contributed by atoms with Gasteiger partial charge in [0.05, 0.1) is 25.9 Å². The first kappa shape index (κ1) is 47.8. The van der Waals surface area contributed by atoms with Gasteiger partial charge in [-0.15, -0.1) is 12.4 Å². The molecular formula is C42H90ClNP+. The zero-order valence-electron chi connectivity index (χ0n) is 32.2. The first-order valence-corrected chi connectivity index (χ1v) is 23.7. The molecule has 0 amide bonds. The van der Waals surface area contributed by atoms with Crippen LogP contribution >= 0.6 is 19.8 Å². The van der Waals surface area contributed by atoms with Crippen LogP contribution in [0.2, 0.25) is 0 Å². The summed E-state index contributed by atoms with van der Waals surface area (Å²) in [5.41, 5.74) is 0. The lowest BCUT2D eigenvalue weighted by atomic mass is 10.0. The molecule has 1 nitrogen and oxygen atoms in total. The summed E-state index contributed by atoms with van der Waals surface area (Å²) in [6.45, 7) is 10.7. The normalized spacial score (nSPS) is 11.7. The van der Waals surface area contributed by atoms with Crippen molar-refractivity contribution >= 4 is 19.8 Å². The highest BCUT2D eigenvalue weighted by Gasteiger charge is 2.35. The molecule has 0 aliphatic heterocycles. The molecule has 1 N–H and O–H groups in total. The summed E-state index contributed by atoms with van der Waals surface area (Å²) in [4.78, 5) is 0. The Morgan fingerprint density at radius 2 is 0.467 bits per heavy atom. The van der Waals surface area contributed by atoms with Gasteiger partial charge in [-0.05, 0) is 44.9 Å². The topological polar surface area (TPSA) is 12.0 Å². The van der Waals surface area contributed by atoms with Gasteiger partial charge in [-0.25, -0.2) is 0 Å². The van der Waals surface area contributed by atoms with E-state index in [1.165, 1.54) is 225 Å². The van der Waals surface area contributed by atoms with Crippen LogP contribution in [0.1, 0.15) is 246 Å². The van der Waals surface area contributed by atoms with Crippen molar-refractivity contribution in [3.63, 3.8) is 0 Å². The molecule has 0 aliphatic rings. The van der Waals surface area contributed by atoms with E-state index < -0.39 is 7.41 Å². The van der Waals surface area contributed by atoms with Crippen LogP contribution in [0.15, 0.2) is 0 Å². The molecule has 0 atom stereocenters. The third kappa shape index (κ3) is 35.8. The molecule has 0 aromatic heterocycles. The molecule has 45 heavy (non-hydrogen) atoms. The second-order valence-electron chi connectivity index (χ2n) is 14.8. The highest BCUT2D eigenvalue weighted by molar-refractivity contribution is 7.74. The van der Waals surface area contributed by atoms with E-state index >= 15 is 0 Å². The molecule has 0 saturated heterocycles. The molecule has 3 heteroatoms. The maximum atomic E-state index is 4.40. The van der Waals surface area contributed by atoms with Gasteiger partial charge in [0.1, 0.15) is 0 Å². The van der Waals surface area contributed by atoms with E-state index in [2.05, 4.69) is 32.8 Å². The smallest absolute Gasteiger partial charge is 0.0799 e. The third-order valence-electron chi connectivity index (χ3n) is 10.3. The molecule has 0 spiro atoms. The fourth-order valence-electron chi connectivity index (χ4n) is 7.15. The average Bonchev–Trinajstić information content (AvgIpc) is 3.03. The number of hydrogen-bond donors (Lipinski definition) is 1. The Balaban J connectivity index is 0. The minimum absolute atomic E-state index is 0. The van der Waals surface area contributed by atoms with Crippen LogP contribution in [0, 0.1) is 0 Å². The molecule has 0 aromatic carbocycles. The lowest BCUT2D eigenvalue weighted by Crippen LogP contribution is -2.25. The molecule has 0 rings (SSSR count). The third-order valence-corrected chi connectivity index (χ3v) is 14.7. The summed E-state index contributed by atoms with van der Waals surface area (Å²) in [5, 5.41) is 4.40. The standard InChI is InChI=1S/C42H89NP.ClH/c1-5-9-13-17-21-22-23-24-25-26-27-28-29-30-31-35-39-43-44(40-36-32-18-14-10-6-2,41-37-33-19-15-11-7-3)42-38-34-20-16-12-8-4;/h43H,5-42H2,1-4H3;1H/q+1;. The van der Waals surface area contributed by atoms with E-state index in [1.54, 1.807) is 18.5 Å². The Bertz CT molecular complexity index is 472. The van der Waals surface area contributed by atoms with Crippen LogP contribution in [0.5, 0.6) is 0 Å². The van der Waals surface area contributed by atoms with E-state index in [4.69, 9.17) is 0 Å². The minimum atomic E-state index is -1.00. The monoisotopic (exact) mass is 675 g/mol. The molecule has 0 aliphatic carbocycles. The van der Waals surface area contributed by atoms with E-state index in [0.29, 0.717) is 0 Å². The Morgan fingerprint density at radius 3 is 0.711 bits per heavy atom. The van der Waals surface area contributed by atoms with Crippen LogP contribution in [0.25, 0.3) is 0 Å². The largest absolute Gasteiger partial charge is 0.192 e. The van der Waals surface area contributed by atoms with E-state index in [-0.39, 0.29) is 12.4 Å². The Kier molecular flexibility index (Phi) is 43.4. The predicted octanol–water partition coefficient (Wildman–Crippen LogP) is 16.3.